The number of hydrogen-bond donors (Lipinski definition) is 1. The number of hydrogen-bond acceptors (Lipinski definition) is 7. The van der Waals surface area contributed by atoms with Crippen molar-refractivity contribution in [3.63, 3.8) is 0 Å². The fraction of sp³-hybridized carbons (Fsp3) is 0.364. The number of halogens is 3. The van der Waals surface area contributed by atoms with Crippen molar-refractivity contribution in [2.45, 2.75) is 32.0 Å². The maximum absolute atomic E-state index is 13.7. The summed E-state index contributed by atoms with van der Waals surface area (Å²) < 4.78 is 67.5. The summed E-state index contributed by atoms with van der Waals surface area (Å²) in [6.07, 6.45) is 0.796. The third-order valence-electron chi connectivity index (χ3n) is 5.82. The number of anilines is 1. The van der Waals surface area contributed by atoms with Crippen LogP contribution in [0.3, 0.4) is 0 Å². The van der Waals surface area contributed by atoms with Crippen LogP contribution in [0.4, 0.5) is 19.1 Å². The Balaban J connectivity index is 1.65. The summed E-state index contributed by atoms with van der Waals surface area (Å²) in [7, 11) is -3.30. The number of aryl methyl sites for hydroxylation is 1. The van der Waals surface area contributed by atoms with E-state index in [0.717, 1.165) is 11.8 Å². The van der Waals surface area contributed by atoms with Gasteiger partial charge in [-0.25, -0.2) is 27.7 Å². The van der Waals surface area contributed by atoms with Gasteiger partial charge in [-0.15, -0.1) is 0 Å². The zero-order chi connectivity index (χ0) is 25.4. The predicted octanol–water partition coefficient (Wildman–Crippen LogP) is 3.36. The van der Waals surface area contributed by atoms with E-state index in [1.54, 1.807) is 25.1 Å². The molecule has 2 aromatic heterocycles. The van der Waals surface area contributed by atoms with E-state index in [1.807, 2.05) is 0 Å². The summed E-state index contributed by atoms with van der Waals surface area (Å²) in [6, 6.07) is 7.11. The van der Waals surface area contributed by atoms with Gasteiger partial charge in [-0.2, -0.15) is 18.4 Å². The van der Waals surface area contributed by atoms with Gasteiger partial charge in [-0.3, -0.25) is 0 Å². The van der Waals surface area contributed by atoms with Crippen molar-refractivity contribution in [1.29, 1.82) is 5.26 Å². The smallest absolute Gasteiger partial charge is 0.351 e. The number of benzene rings is 1. The lowest BCUT2D eigenvalue weighted by molar-refractivity contribution is -0.137. The number of imidazole rings is 1. The largest absolute Gasteiger partial charge is 0.420 e. The molecule has 4 rings (SSSR count). The molecule has 1 aliphatic rings. The first-order valence-corrected chi connectivity index (χ1v) is 12.5. The number of aromatic nitrogens is 4. The van der Waals surface area contributed by atoms with Gasteiger partial charge in [0.1, 0.15) is 29.3 Å². The average Bonchev–Trinajstić information content (AvgIpc) is 3.28. The molecule has 0 atom stereocenters. The second-order valence-electron chi connectivity index (χ2n) is 8.28. The van der Waals surface area contributed by atoms with Gasteiger partial charge < -0.3 is 9.88 Å². The van der Waals surface area contributed by atoms with E-state index in [2.05, 4.69) is 26.3 Å². The average molecular weight is 506 g/mol. The number of nitrogens with one attached hydrogen (secondary N) is 1. The van der Waals surface area contributed by atoms with E-state index >= 15 is 0 Å². The molecule has 1 fully saturated rings. The first-order valence-electron chi connectivity index (χ1n) is 10.7. The van der Waals surface area contributed by atoms with Crippen LogP contribution < -0.4 is 5.32 Å². The van der Waals surface area contributed by atoms with Crippen LogP contribution in [-0.2, 0) is 16.2 Å². The number of rotatable bonds is 5. The second-order valence-corrected chi connectivity index (χ2v) is 10.3. The maximum Gasteiger partial charge on any atom is 0.420 e. The van der Waals surface area contributed by atoms with Crippen LogP contribution in [-0.4, -0.2) is 57.6 Å². The summed E-state index contributed by atoms with van der Waals surface area (Å²) in [5, 5.41) is 12.5. The van der Waals surface area contributed by atoms with Crippen molar-refractivity contribution in [2.75, 3.05) is 24.7 Å². The highest BCUT2D eigenvalue weighted by atomic mass is 32.2. The molecule has 13 heteroatoms. The quantitative estimate of drug-likeness (QED) is 0.565. The Morgan fingerprint density at radius 2 is 1.91 bits per heavy atom. The minimum Gasteiger partial charge on any atom is -0.351 e. The van der Waals surface area contributed by atoms with Crippen LogP contribution in [0.1, 0.15) is 29.5 Å². The molecule has 9 nitrogen and oxygen atoms in total. The van der Waals surface area contributed by atoms with Crippen molar-refractivity contribution in [3.05, 3.63) is 53.6 Å². The lowest BCUT2D eigenvalue weighted by atomic mass is 10.1. The zero-order valence-electron chi connectivity index (χ0n) is 18.9. The van der Waals surface area contributed by atoms with Gasteiger partial charge >= 0.3 is 6.18 Å². The highest BCUT2D eigenvalue weighted by Gasteiger charge is 2.36. The fourth-order valence-corrected chi connectivity index (χ4v) is 4.83. The van der Waals surface area contributed by atoms with Crippen molar-refractivity contribution < 1.29 is 21.6 Å². The minimum absolute atomic E-state index is 0.00590. The predicted molar refractivity (Wildman–Crippen MR) is 122 cm³/mol. The Morgan fingerprint density at radius 1 is 1.20 bits per heavy atom. The van der Waals surface area contributed by atoms with Gasteiger partial charge in [-0.05, 0) is 31.4 Å². The Bertz CT molecular complexity index is 1390. The van der Waals surface area contributed by atoms with Crippen LogP contribution in [0.2, 0.25) is 0 Å². The van der Waals surface area contributed by atoms with Crippen LogP contribution in [0.25, 0.3) is 17.1 Å². The van der Waals surface area contributed by atoms with E-state index in [1.165, 1.54) is 21.4 Å². The van der Waals surface area contributed by atoms with Crippen LogP contribution in [0.5, 0.6) is 0 Å². The molecule has 184 valence electrons. The lowest BCUT2D eigenvalue weighted by Crippen LogP contribution is -2.42. The zero-order valence-corrected chi connectivity index (χ0v) is 19.7. The Morgan fingerprint density at radius 3 is 2.54 bits per heavy atom. The molecule has 0 spiro atoms. The van der Waals surface area contributed by atoms with Gasteiger partial charge in [0, 0.05) is 31.5 Å². The van der Waals surface area contributed by atoms with Gasteiger partial charge in [0.2, 0.25) is 16.0 Å². The second kappa shape index (κ2) is 9.27. The molecule has 3 aromatic rings. The van der Waals surface area contributed by atoms with E-state index in [0.29, 0.717) is 43.4 Å². The van der Waals surface area contributed by atoms with Gasteiger partial charge in [0.25, 0.3) is 0 Å². The first kappa shape index (κ1) is 24.6. The molecule has 35 heavy (non-hydrogen) atoms. The maximum atomic E-state index is 13.7. The van der Waals surface area contributed by atoms with E-state index in [4.69, 9.17) is 0 Å². The monoisotopic (exact) mass is 505 g/mol. The summed E-state index contributed by atoms with van der Waals surface area (Å²) in [6.45, 7) is 2.36. The molecule has 0 radical (unpaired) electrons. The fourth-order valence-electron chi connectivity index (χ4n) is 3.96. The molecule has 1 saturated heterocycles. The summed E-state index contributed by atoms with van der Waals surface area (Å²) in [5.74, 6) is -0.00590. The van der Waals surface area contributed by atoms with Gasteiger partial charge in [-0.1, -0.05) is 12.1 Å². The topological polar surface area (TPSA) is 117 Å². The highest BCUT2D eigenvalue weighted by molar-refractivity contribution is 7.88. The Hall–Kier alpha value is -3.50. The molecule has 0 bridgehead atoms. The van der Waals surface area contributed by atoms with Crippen LogP contribution in [0.15, 0.2) is 36.9 Å². The summed E-state index contributed by atoms with van der Waals surface area (Å²) >= 11 is 0. The Kier molecular flexibility index (Phi) is 6.52. The molecule has 0 aliphatic carbocycles. The summed E-state index contributed by atoms with van der Waals surface area (Å²) in [5.41, 5.74) is 0.146. The number of alkyl halides is 3. The molecule has 0 unspecified atom stereocenters. The first-order chi connectivity index (χ1) is 16.5. The number of sulfonamides is 1. The highest BCUT2D eigenvalue weighted by Crippen LogP contribution is 2.36. The van der Waals surface area contributed by atoms with Crippen molar-refractivity contribution >= 4 is 16.0 Å². The van der Waals surface area contributed by atoms with Gasteiger partial charge in [0.05, 0.1) is 17.5 Å². The normalized spacial score (nSPS) is 15.7. The molecule has 1 aliphatic heterocycles. The van der Waals surface area contributed by atoms with E-state index < -0.39 is 27.5 Å². The molecule has 1 N–H and O–H groups in total. The van der Waals surface area contributed by atoms with Crippen LogP contribution in [0, 0.1) is 18.3 Å². The van der Waals surface area contributed by atoms with E-state index in [-0.39, 0.29) is 17.7 Å². The van der Waals surface area contributed by atoms with Crippen molar-refractivity contribution in [3.8, 4) is 23.1 Å². The van der Waals surface area contributed by atoms with Gasteiger partial charge in [0.15, 0.2) is 0 Å². The SMILES string of the molecule is Cc1cccc(-n2cnc(-c3nc(NC4CCN(S(C)(=O)=O)CC4)ncc3C(F)(F)F)c2)c1C#N. The molecular formula is C22H22F3N7O2S. The lowest BCUT2D eigenvalue weighted by Gasteiger charge is -2.30. The third-order valence-corrected chi connectivity index (χ3v) is 7.12. The summed E-state index contributed by atoms with van der Waals surface area (Å²) in [4.78, 5) is 12.1. The van der Waals surface area contributed by atoms with Crippen molar-refractivity contribution in [2.24, 2.45) is 0 Å². The molecule has 3 heterocycles. The standard InChI is InChI=1S/C22H22F3N7O2S/c1-14-4-3-5-19(16(14)10-26)31-12-18(28-13-31)20-17(22(23,24)25)11-27-21(30-20)29-15-6-8-32(9-7-15)35(2,33)34/h3-5,11-13,15H,6-9H2,1-2H3,(H,27,29,30). The molecule has 0 amide bonds. The van der Waals surface area contributed by atoms with Crippen molar-refractivity contribution in [1.82, 2.24) is 23.8 Å². The Labute approximate surface area is 200 Å². The van der Waals surface area contributed by atoms with Crippen LogP contribution >= 0.6 is 0 Å². The molecular weight excluding hydrogens is 483 g/mol. The number of nitrogens with zero attached hydrogens (tertiary/aromatic N) is 6. The molecule has 1 aromatic carbocycles. The number of nitriles is 1. The third kappa shape index (κ3) is 5.28. The molecule has 0 saturated carbocycles. The minimum atomic E-state index is -4.71. The number of piperidine rings is 1. The van der Waals surface area contributed by atoms with E-state index in [9.17, 15) is 26.9 Å².